The first-order chi connectivity index (χ1) is 27.7. The average molecular weight is 788 g/mol. The molecule has 0 rings (SSSR count). The number of nitrogens with one attached hydrogen (secondary N) is 1. The first-order valence-corrected chi connectivity index (χ1v) is 25.6. The molecule has 0 heterocycles. The van der Waals surface area contributed by atoms with Gasteiger partial charge in [-0.3, -0.25) is 4.79 Å². The maximum absolute atomic E-state index is 12.4. The van der Waals surface area contributed by atoms with Crippen molar-refractivity contribution in [3.8, 4) is 0 Å². The van der Waals surface area contributed by atoms with E-state index in [0.717, 1.165) is 32.1 Å². The van der Waals surface area contributed by atoms with E-state index in [0.29, 0.717) is 6.42 Å². The van der Waals surface area contributed by atoms with E-state index in [4.69, 9.17) is 0 Å². The van der Waals surface area contributed by atoms with E-state index in [2.05, 4.69) is 31.3 Å². The zero-order chi connectivity index (χ0) is 40.7. The third kappa shape index (κ3) is 44.0. The molecule has 0 fully saturated rings. The quantitative estimate of drug-likeness (QED) is 0.0425. The molecule has 0 radical (unpaired) electrons. The summed E-state index contributed by atoms with van der Waals surface area (Å²) in [5, 5.41) is 23.1. The van der Waals surface area contributed by atoms with Crippen LogP contribution in [0.1, 0.15) is 284 Å². The number of rotatable bonds is 47. The van der Waals surface area contributed by atoms with Crippen molar-refractivity contribution in [2.75, 3.05) is 6.61 Å². The van der Waals surface area contributed by atoms with Gasteiger partial charge in [0.05, 0.1) is 18.8 Å². The predicted octanol–water partition coefficient (Wildman–Crippen LogP) is 16.4. The van der Waals surface area contributed by atoms with Gasteiger partial charge in [0.15, 0.2) is 0 Å². The van der Waals surface area contributed by atoms with Gasteiger partial charge in [0.1, 0.15) is 0 Å². The Morgan fingerprint density at radius 3 is 1.04 bits per heavy atom. The van der Waals surface area contributed by atoms with Crippen molar-refractivity contribution in [2.24, 2.45) is 0 Å². The molecule has 4 heteroatoms. The van der Waals surface area contributed by atoms with Gasteiger partial charge in [0.2, 0.25) is 5.91 Å². The van der Waals surface area contributed by atoms with Crippen LogP contribution >= 0.6 is 0 Å². The standard InChI is InChI=1S/C52H101NO3/c1-3-5-7-9-11-13-15-17-19-21-23-25-26-27-28-29-31-33-35-37-39-41-43-45-47-51(55)50(49-54)53-52(56)48-46-44-42-40-38-36-34-32-30-24-22-20-18-16-14-12-10-8-6-4-2/h37,39,45,47,50-51,54-55H,3-36,38,40-44,46,48-49H2,1-2H3,(H,53,56)/b39-37+,47-45+. The normalized spacial score (nSPS) is 13.0. The molecule has 0 saturated carbocycles. The highest BCUT2D eigenvalue weighted by molar-refractivity contribution is 5.76. The van der Waals surface area contributed by atoms with Crippen LogP contribution in [0, 0.1) is 0 Å². The number of carbonyl (C=O) groups excluding carboxylic acids is 1. The number of hydrogen-bond donors (Lipinski definition) is 3. The molecule has 0 aromatic heterocycles. The minimum absolute atomic E-state index is 0.0681. The highest BCUT2D eigenvalue weighted by Crippen LogP contribution is 2.17. The molecule has 1 amide bonds. The van der Waals surface area contributed by atoms with Crippen molar-refractivity contribution in [3.63, 3.8) is 0 Å². The minimum Gasteiger partial charge on any atom is -0.394 e. The number of carbonyl (C=O) groups is 1. The molecule has 0 saturated heterocycles. The molecule has 0 aromatic carbocycles. The molecule has 0 aromatic rings. The van der Waals surface area contributed by atoms with Crippen LogP contribution in [0.3, 0.4) is 0 Å². The molecule has 4 nitrogen and oxygen atoms in total. The third-order valence-corrected chi connectivity index (χ3v) is 11.9. The minimum atomic E-state index is -0.859. The molecule has 0 aliphatic rings. The molecule has 2 atom stereocenters. The van der Waals surface area contributed by atoms with E-state index in [1.807, 2.05) is 6.08 Å². The number of amides is 1. The van der Waals surface area contributed by atoms with Gasteiger partial charge >= 0.3 is 0 Å². The lowest BCUT2D eigenvalue weighted by atomic mass is 10.0. The zero-order valence-electron chi connectivity index (χ0n) is 38.2. The molecular weight excluding hydrogens is 687 g/mol. The highest BCUT2D eigenvalue weighted by Gasteiger charge is 2.17. The van der Waals surface area contributed by atoms with Crippen LogP contribution in [0.15, 0.2) is 24.3 Å². The number of aliphatic hydroxyl groups excluding tert-OH is 2. The first-order valence-electron chi connectivity index (χ1n) is 25.6. The summed E-state index contributed by atoms with van der Waals surface area (Å²) in [6.45, 7) is 4.33. The summed E-state index contributed by atoms with van der Waals surface area (Å²) in [7, 11) is 0. The molecule has 0 bridgehead atoms. The summed E-state index contributed by atoms with van der Waals surface area (Å²) in [5.41, 5.74) is 0. The van der Waals surface area contributed by atoms with Crippen LogP contribution in [-0.4, -0.2) is 34.9 Å². The summed E-state index contributed by atoms with van der Waals surface area (Å²) < 4.78 is 0. The van der Waals surface area contributed by atoms with Gasteiger partial charge in [-0.25, -0.2) is 0 Å². The van der Waals surface area contributed by atoms with Crippen LogP contribution < -0.4 is 5.32 Å². The second-order valence-corrected chi connectivity index (χ2v) is 17.6. The van der Waals surface area contributed by atoms with Crippen LogP contribution in [0.25, 0.3) is 0 Å². The highest BCUT2D eigenvalue weighted by atomic mass is 16.3. The topological polar surface area (TPSA) is 69.6 Å². The van der Waals surface area contributed by atoms with Gasteiger partial charge in [-0.05, 0) is 32.1 Å². The molecule has 332 valence electrons. The Morgan fingerprint density at radius 1 is 0.411 bits per heavy atom. The molecular formula is C52H101NO3. The average Bonchev–Trinajstić information content (AvgIpc) is 3.20. The maximum atomic E-state index is 12.4. The lowest BCUT2D eigenvalue weighted by molar-refractivity contribution is -0.123. The smallest absolute Gasteiger partial charge is 0.220 e. The fourth-order valence-electron chi connectivity index (χ4n) is 8.02. The fourth-order valence-corrected chi connectivity index (χ4v) is 8.02. The lowest BCUT2D eigenvalue weighted by Gasteiger charge is -2.19. The summed E-state index contributed by atoms with van der Waals surface area (Å²) in [5.74, 6) is -0.0681. The zero-order valence-corrected chi connectivity index (χ0v) is 38.2. The van der Waals surface area contributed by atoms with Crippen molar-refractivity contribution >= 4 is 5.91 Å². The third-order valence-electron chi connectivity index (χ3n) is 11.9. The van der Waals surface area contributed by atoms with E-state index in [1.165, 1.54) is 231 Å². The largest absolute Gasteiger partial charge is 0.394 e. The number of hydrogen-bond acceptors (Lipinski definition) is 3. The Labute approximate surface area is 351 Å². The second-order valence-electron chi connectivity index (χ2n) is 17.6. The summed E-state index contributed by atoms with van der Waals surface area (Å²) in [6, 6.07) is -0.635. The van der Waals surface area contributed by atoms with Crippen molar-refractivity contribution in [1.29, 1.82) is 0 Å². The van der Waals surface area contributed by atoms with Crippen LogP contribution in [0.2, 0.25) is 0 Å². The summed E-state index contributed by atoms with van der Waals surface area (Å²) >= 11 is 0. The molecule has 56 heavy (non-hydrogen) atoms. The molecule has 2 unspecified atom stereocenters. The van der Waals surface area contributed by atoms with Crippen LogP contribution in [-0.2, 0) is 4.79 Å². The first kappa shape index (κ1) is 54.9. The number of unbranched alkanes of at least 4 members (excludes halogenated alkanes) is 38. The van der Waals surface area contributed by atoms with Gasteiger partial charge in [0.25, 0.3) is 0 Å². The number of aliphatic hydroxyl groups is 2. The van der Waals surface area contributed by atoms with E-state index in [-0.39, 0.29) is 12.5 Å². The van der Waals surface area contributed by atoms with Crippen molar-refractivity contribution in [3.05, 3.63) is 24.3 Å². The molecule has 0 aliphatic carbocycles. The van der Waals surface area contributed by atoms with Gasteiger partial charge in [-0.15, -0.1) is 0 Å². The van der Waals surface area contributed by atoms with Crippen molar-refractivity contribution in [2.45, 2.75) is 296 Å². The maximum Gasteiger partial charge on any atom is 0.220 e. The Bertz CT molecular complexity index is 810. The van der Waals surface area contributed by atoms with E-state index < -0.39 is 12.1 Å². The van der Waals surface area contributed by atoms with Crippen molar-refractivity contribution < 1.29 is 15.0 Å². The van der Waals surface area contributed by atoms with Gasteiger partial charge in [-0.2, -0.15) is 0 Å². The summed E-state index contributed by atoms with van der Waals surface area (Å²) in [4.78, 5) is 12.4. The Balaban J connectivity index is 3.53. The monoisotopic (exact) mass is 788 g/mol. The molecule has 3 N–H and O–H groups in total. The van der Waals surface area contributed by atoms with E-state index in [9.17, 15) is 15.0 Å². The van der Waals surface area contributed by atoms with Gasteiger partial charge in [0, 0.05) is 6.42 Å². The van der Waals surface area contributed by atoms with Crippen LogP contribution in [0.4, 0.5) is 0 Å². The fraction of sp³-hybridized carbons (Fsp3) is 0.904. The molecule has 0 aliphatic heterocycles. The Hall–Kier alpha value is -1.13. The van der Waals surface area contributed by atoms with Crippen LogP contribution in [0.5, 0.6) is 0 Å². The van der Waals surface area contributed by atoms with E-state index in [1.54, 1.807) is 6.08 Å². The van der Waals surface area contributed by atoms with Gasteiger partial charge < -0.3 is 15.5 Å². The molecule has 0 spiro atoms. The van der Waals surface area contributed by atoms with E-state index >= 15 is 0 Å². The van der Waals surface area contributed by atoms with Gasteiger partial charge in [-0.1, -0.05) is 269 Å². The second kappa shape index (κ2) is 48.2. The Morgan fingerprint density at radius 2 is 0.696 bits per heavy atom. The predicted molar refractivity (Wildman–Crippen MR) is 249 cm³/mol. The lowest BCUT2D eigenvalue weighted by Crippen LogP contribution is -2.45. The summed E-state index contributed by atoms with van der Waals surface area (Å²) in [6.07, 6.45) is 63.2. The Kier molecular flexibility index (Phi) is 47.3. The van der Waals surface area contributed by atoms with Crippen molar-refractivity contribution in [1.82, 2.24) is 5.32 Å². The SMILES string of the molecule is CCCCCCCCCCCCCCCCCCCC/C=C/CC/C=C/C(O)C(CO)NC(=O)CCCCCCCCCCCCCCCCCCCCCC. The number of allylic oxidation sites excluding steroid dienone is 3.